The summed E-state index contributed by atoms with van der Waals surface area (Å²) in [4.78, 5) is 28.1. The molecule has 4 nitrogen and oxygen atoms in total. The normalized spacial score (nSPS) is 20.3. The third-order valence-corrected chi connectivity index (χ3v) is 9.07. The molecule has 1 aliphatic heterocycles. The molecule has 3 aromatic carbocycles. The molecule has 182 valence electrons. The summed E-state index contributed by atoms with van der Waals surface area (Å²) in [6.45, 7) is 1.90. The van der Waals surface area contributed by atoms with E-state index in [1.54, 1.807) is 30.3 Å². The number of carbonyl (C=O) groups excluding carboxylic acids is 1. The SMILES string of the molecule is Cc1ccc(S[C@]2(C(=O)O)CC(=O)N(c3cccc(C(F)(F)F)c3)[C@@H]2c2ccc(Br)c(Br)c2)cc1. The molecule has 0 aliphatic carbocycles. The van der Waals surface area contributed by atoms with Gasteiger partial charge >= 0.3 is 12.1 Å². The maximum absolute atomic E-state index is 13.5. The fourth-order valence-electron chi connectivity index (χ4n) is 4.13. The highest BCUT2D eigenvalue weighted by molar-refractivity contribution is 9.13. The second-order valence-corrected chi connectivity index (χ2v) is 11.3. The molecule has 10 heteroatoms. The third-order valence-electron chi connectivity index (χ3n) is 5.78. The molecule has 0 saturated carbocycles. The summed E-state index contributed by atoms with van der Waals surface area (Å²) < 4.78 is 40.0. The van der Waals surface area contributed by atoms with Crippen molar-refractivity contribution in [1.82, 2.24) is 0 Å². The molecule has 35 heavy (non-hydrogen) atoms. The van der Waals surface area contributed by atoms with Crippen molar-refractivity contribution in [2.45, 2.75) is 35.2 Å². The summed E-state index contributed by atoms with van der Waals surface area (Å²) in [6, 6.07) is 15.6. The van der Waals surface area contributed by atoms with Crippen LogP contribution in [0.2, 0.25) is 0 Å². The Morgan fingerprint density at radius 2 is 1.74 bits per heavy atom. The summed E-state index contributed by atoms with van der Waals surface area (Å²) in [6.07, 6.45) is -5.01. The predicted molar refractivity (Wildman–Crippen MR) is 136 cm³/mol. The summed E-state index contributed by atoms with van der Waals surface area (Å²) in [5.41, 5.74) is 0.532. The van der Waals surface area contributed by atoms with E-state index in [0.717, 1.165) is 29.5 Å². The van der Waals surface area contributed by atoms with Crippen molar-refractivity contribution in [3.8, 4) is 0 Å². The minimum Gasteiger partial charge on any atom is -0.480 e. The van der Waals surface area contributed by atoms with Gasteiger partial charge in [0.1, 0.15) is 0 Å². The number of hydrogen-bond donors (Lipinski definition) is 1. The predicted octanol–water partition coefficient (Wildman–Crippen LogP) is 7.63. The zero-order valence-corrected chi connectivity index (χ0v) is 22.1. The largest absolute Gasteiger partial charge is 0.480 e. The van der Waals surface area contributed by atoms with Crippen LogP contribution in [0.5, 0.6) is 0 Å². The third kappa shape index (κ3) is 5.01. The number of carboxylic acids is 1. The van der Waals surface area contributed by atoms with Crippen molar-refractivity contribution >= 4 is 61.2 Å². The number of alkyl halides is 3. The zero-order valence-electron chi connectivity index (χ0n) is 18.1. The van der Waals surface area contributed by atoms with Crippen LogP contribution in [0.1, 0.15) is 29.2 Å². The summed E-state index contributed by atoms with van der Waals surface area (Å²) in [5, 5.41) is 10.5. The van der Waals surface area contributed by atoms with E-state index >= 15 is 0 Å². The number of carboxylic acid groups (broad SMARTS) is 1. The van der Waals surface area contributed by atoms with Crippen molar-refractivity contribution in [1.29, 1.82) is 0 Å². The Bertz CT molecular complexity index is 1300. The van der Waals surface area contributed by atoms with Gasteiger partial charge in [-0.25, -0.2) is 0 Å². The van der Waals surface area contributed by atoms with Gasteiger partial charge in [-0.15, -0.1) is 11.8 Å². The van der Waals surface area contributed by atoms with Crippen LogP contribution in [0, 0.1) is 6.92 Å². The van der Waals surface area contributed by atoms with Gasteiger partial charge < -0.3 is 10.0 Å². The maximum atomic E-state index is 13.5. The van der Waals surface area contributed by atoms with Gasteiger partial charge in [0, 0.05) is 19.5 Å². The zero-order chi connectivity index (χ0) is 25.5. The van der Waals surface area contributed by atoms with Gasteiger partial charge in [0.05, 0.1) is 18.0 Å². The molecule has 1 heterocycles. The highest BCUT2D eigenvalue weighted by atomic mass is 79.9. The molecule has 1 aliphatic rings. The Morgan fingerprint density at radius 3 is 2.34 bits per heavy atom. The number of hydrogen-bond acceptors (Lipinski definition) is 3. The first kappa shape index (κ1) is 25.8. The highest BCUT2D eigenvalue weighted by Crippen LogP contribution is 2.54. The number of rotatable bonds is 5. The Labute approximate surface area is 220 Å². The molecule has 1 amide bonds. The van der Waals surface area contributed by atoms with Crippen LogP contribution in [0.15, 0.2) is 80.6 Å². The molecule has 0 unspecified atom stereocenters. The standard InChI is InChI=1S/C25H18Br2F3NO3S/c1-14-5-8-18(9-6-14)35-24(23(33)34)13-21(32)31(17-4-2-3-16(12-17)25(28,29)30)22(24)15-7-10-19(26)20(27)11-15/h2-12,22H,13H2,1H3,(H,33,34)/t22-,24-/m1/s1. The van der Waals surface area contributed by atoms with Gasteiger partial charge in [-0.1, -0.05) is 29.8 Å². The van der Waals surface area contributed by atoms with Crippen LogP contribution in [-0.4, -0.2) is 21.7 Å². The number of thioether (sulfide) groups is 1. The van der Waals surface area contributed by atoms with Crippen LogP contribution in [0.3, 0.4) is 0 Å². The van der Waals surface area contributed by atoms with E-state index in [4.69, 9.17) is 0 Å². The lowest BCUT2D eigenvalue weighted by Crippen LogP contribution is -2.42. The van der Waals surface area contributed by atoms with E-state index in [9.17, 15) is 27.9 Å². The van der Waals surface area contributed by atoms with Gasteiger partial charge in [-0.3, -0.25) is 9.59 Å². The van der Waals surface area contributed by atoms with Crippen molar-refractivity contribution in [3.05, 3.63) is 92.4 Å². The fourth-order valence-corrected chi connectivity index (χ4v) is 6.10. The number of benzene rings is 3. The number of nitrogens with zero attached hydrogens (tertiary/aromatic N) is 1. The lowest BCUT2D eigenvalue weighted by atomic mass is 9.92. The summed E-state index contributed by atoms with van der Waals surface area (Å²) in [5.74, 6) is -1.80. The van der Waals surface area contributed by atoms with E-state index in [1.807, 2.05) is 19.1 Å². The lowest BCUT2D eigenvalue weighted by molar-refractivity contribution is -0.140. The average molecular weight is 629 g/mol. The average Bonchev–Trinajstić information content (AvgIpc) is 3.09. The minimum absolute atomic E-state index is 0.0125. The lowest BCUT2D eigenvalue weighted by Gasteiger charge is -2.35. The Kier molecular flexibility index (Phi) is 7.09. The number of aryl methyl sites for hydroxylation is 1. The molecule has 1 saturated heterocycles. The van der Waals surface area contributed by atoms with Crippen molar-refractivity contribution < 1.29 is 27.9 Å². The topological polar surface area (TPSA) is 57.6 Å². The quantitative estimate of drug-likeness (QED) is 0.316. The molecule has 4 rings (SSSR count). The Morgan fingerprint density at radius 1 is 1.06 bits per heavy atom. The molecule has 0 aromatic heterocycles. The second-order valence-electron chi connectivity index (χ2n) is 8.17. The van der Waals surface area contributed by atoms with Crippen molar-refractivity contribution in [2.24, 2.45) is 0 Å². The Hall–Kier alpha value is -2.30. The molecule has 2 atom stereocenters. The number of aliphatic carboxylic acids is 1. The van der Waals surface area contributed by atoms with Crippen LogP contribution in [0.25, 0.3) is 0 Å². The fraction of sp³-hybridized carbons (Fsp3) is 0.200. The first-order valence-corrected chi connectivity index (χ1v) is 12.8. The molecule has 1 N–H and O–H groups in total. The number of amides is 1. The molecule has 0 bridgehead atoms. The maximum Gasteiger partial charge on any atom is 0.416 e. The number of carbonyl (C=O) groups is 2. The van der Waals surface area contributed by atoms with E-state index in [0.29, 0.717) is 19.4 Å². The van der Waals surface area contributed by atoms with Crippen LogP contribution in [0.4, 0.5) is 18.9 Å². The first-order chi connectivity index (χ1) is 16.4. The minimum atomic E-state index is -4.62. The highest BCUT2D eigenvalue weighted by Gasteiger charge is 2.59. The van der Waals surface area contributed by atoms with Crippen LogP contribution in [-0.2, 0) is 15.8 Å². The van der Waals surface area contributed by atoms with E-state index in [2.05, 4.69) is 31.9 Å². The molecular formula is C25H18Br2F3NO3S. The van der Waals surface area contributed by atoms with Crippen molar-refractivity contribution in [2.75, 3.05) is 4.90 Å². The Balaban J connectivity index is 1.92. The van der Waals surface area contributed by atoms with Gasteiger partial charge in [-0.2, -0.15) is 13.2 Å². The van der Waals surface area contributed by atoms with Gasteiger partial charge in [0.15, 0.2) is 4.75 Å². The van der Waals surface area contributed by atoms with Crippen LogP contribution >= 0.6 is 43.6 Å². The molecule has 0 spiro atoms. The smallest absolute Gasteiger partial charge is 0.416 e. The van der Waals surface area contributed by atoms with Gasteiger partial charge in [-0.05, 0) is 86.8 Å². The number of halogens is 5. The second kappa shape index (κ2) is 9.63. The van der Waals surface area contributed by atoms with Gasteiger partial charge in [0.25, 0.3) is 0 Å². The van der Waals surface area contributed by atoms with E-state index in [1.165, 1.54) is 17.0 Å². The first-order valence-electron chi connectivity index (χ1n) is 10.4. The number of anilines is 1. The van der Waals surface area contributed by atoms with Gasteiger partial charge in [0.2, 0.25) is 5.91 Å². The molecular weight excluding hydrogens is 611 g/mol. The monoisotopic (exact) mass is 627 g/mol. The summed E-state index contributed by atoms with van der Waals surface area (Å²) in [7, 11) is 0. The summed E-state index contributed by atoms with van der Waals surface area (Å²) >= 11 is 7.83. The molecule has 0 radical (unpaired) electrons. The van der Waals surface area contributed by atoms with Crippen LogP contribution < -0.4 is 4.90 Å². The molecule has 3 aromatic rings. The molecule has 1 fully saturated rings. The van der Waals surface area contributed by atoms with E-state index < -0.39 is 40.8 Å². The van der Waals surface area contributed by atoms with E-state index in [-0.39, 0.29) is 5.69 Å². The van der Waals surface area contributed by atoms with Crippen molar-refractivity contribution in [3.63, 3.8) is 0 Å².